The average molecular weight is 270 g/mol. The van der Waals surface area contributed by atoms with Crippen LogP contribution in [0.3, 0.4) is 0 Å². The highest BCUT2D eigenvalue weighted by atomic mass is 16.5. The number of rotatable bonds is 6. The standard InChI is InChI=1S/C8H10O4.C5H8O2/c1-6(8(11)12-2)4-3-5-7(9)10;1-3-5(6)7-4-2/h3,5H,1,4H2,2H3,(H,9,10);3H,1,4H2,2H3. The number of carboxylic acid groups (broad SMARTS) is 1. The Balaban J connectivity index is 0. The smallest absolute Gasteiger partial charge is 0.333 e. The van der Waals surface area contributed by atoms with Crippen molar-refractivity contribution in [3.8, 4) is 0 Å². The Bertz CT molecular complexity index is 367. The molecule has 0 aromatic carbocycles. The molecule has 0 saturated carbocycles. The summed E-state index contributed by atoms with van der Waals surface area (Å²) < 4.78 is 8.78. The molecule has 0 rings (SSSR count). The minimum atomic E-state index is -1.05. The van der Waals surface area contributed by atoms with Crippen molar-refractivity contribution in [2.75, 3.05) is 13.7 Å². The molecule has 0 bridgehead atoms. The summed E-state index contributed by atoms with van der Waals surface area (Å²) in [4.78, 5) is 30.7. The summed E-state index contributed by atoms with van der Waals surface area (Å²) in [5.74, 6) is -1.93. The fraction of sp³-hybridized carbons (Fsp3) is 0.308. The molecule has 6 heteroatoms. The first-order valence-electron chi connectivity index (χ1n) is 5.33. The minimum absolute atomic E-state index is 0.193. The third-order valence-electron chi connectivity index (χ3n) is 1.55. The molecular weight excluding hydrogens is 252 g/mol. The van der Waals surface area contributed by atoms with Crippen LogP contribution in [0, 0.1) is 0 Å². The third-order valence-corrected chi connectivity index (χ3v) is 1.55. The first-order valence-corrected chi connectivity index (χ1v) is 5.33. The fourth-order valence-corrected chi connectivity index (χ4v) is 0.731. The molecule has 0 aliphatic carbocycles. The van der Waals surface area contributed by atoms with Crippen molar-refractivity contribution in [1.29, 1.82) is 0 Å². The van der Waals surface area contributed by atoms with Gasteiger partial charge in [0.05, 0.1) is 13.7 Å². The van der Waals surface area contributed by atoms with Gasteiger partial charge in [-0.15, -0.1) is 0 Å². The Morgan fingerprint density at radius 1 is 1.32 bits per heavy atom. The molecule has 0 heterocycles. The van der Waals surface area contributed by atoms with Gasteiger partial charge in [0.15, 0.2) is 0 Å². The van der Waals surface area contributed by atoms with Gasteiger partial charge < -0.3 is 14.6 Å². The molecule has 0 amide bonds. The molecule has 0 fully saturated rings. The molecule has 0 aromatic rings. The molecule has 0 saturated heterocycles. The number of carbonyl (C=O) groups is 3. The number of carboxylic acids is 1. The largest absolute Gasteiger partial charge is 0.478 e. The van der Waals surface area contributed by atoms with Gasteiger partial charge in [-0.2, -0.15) is 0 Å². The predicted octanol–water partition coefficient (Wildman–Crippen LogP) is 1.48. The summed E-state index contributed by atoms with van der Waals surface area (Å²) in [6.45, 7) is 8.78. The maximum Gasteiger partial charge on any atom is 0.333 e. The summed E-state index contributed by atoms with van der Waals surface area (Å²) in [7, 11) is 1.24. The molecular formula is C13H18O6. The van der Waals surface area contributed by atoms with Crippen molar-refractivity contribution in [1.82, 2.24) is 0 Å². The van der Waals surface area contributed by atoms with Crippen molar-refractivity contribution in [2.24, 2.45) is 0 Å². The number of hydrogen-bond donors (Lipinski definition) is 1. The number of methoxy groups -OCH3 is 1. The molecule has 0 spiro atoms. The third kappa shape index (κ3) is 13.6. The molecule has 0 aliphatic heterocycles. The molecule has 0 atom stereocenters. The van der Waals surface area contributed by atoms with Gasteiger partial charge in [-0.1, -0.05) is 19.2 Å². The Morgan fingerprint density at radius 2 is 1.89 bits per heavy atom. The maximum atomic E-state index is 10.7. The summed E-state index contributed by atoms with van der Waals surface area (Å²) in [5.41, 5.74) is 0.231. The monoisotopic (exact) mass is 270 g/mol. The summed E-state index contributed by atoms with van der Waals surface area (Å²) in [6, 6.07) is 0. The molecule has 0 aliphatic rings. The van der Waals surface area contributed by atoms with Crippen LogP contribution in [0.25, 0.3) is 0 Å². The Labute approximate surface area is 112 Å². The van der Waals surface area contributed by atoms with Gasteiger partial charge in [0.25, 0.3) is 0 Å². The van der Waals surface area contributed by atoms with Crippen molar-refractivity contribution >= 4 is 17.9 Å². The average Bonchev–Trinajstić information content (AvgIpc) is 2.38. The van der Waals surface area contributed by atoms with Gasteiger partial charge in [-0.3, -0.25) is 0 Å². The van der Waals surface area contributed by atoms with Gasteiger partial charge >= 0.3 is 17.9 Å². The van der Waals surface area contributed by atoms with Gasteiger partial charge in [0, 0.05) is 17.7 Å². The Morgan fingerprint density at radius 3 is 2.21 bits per heavy atom. The second-order valence-electron chi connectivity index (χ2n) is 3.00. The van der Waals surface area contributed by atoms with E-state index in [0.717, 1.165) is 12.2 Å². The normalized spacial score (nSPS) is 8.95. The Hall–Kier alpha value is -2.37. The van der Waals surface area contributed by atoms with E-state index in [-0.39, 0.29) is 18.0 Å². The SMILES string of the molecule is C=C(CC=CC(=O)O)C(=O)OC.C=CC(=O)OCC. The fourth-order valence-electron chi connectivity index (χ4n) is 0.731. The van der Waals surface area contributed by atoms with E-state index in [2.05, 4.69) is 22.6 Å². The van der Waals surface area contributed by atoms with Crippen LogP contribution < -0.4 is 0 Å². The van der Waals surface area contributed by atoms with E-state index < -0.39 is 11.9 Å². The minimum Gasteiger partial charge on any atom is -0.478 e. The maximum absolute atomic E-state index is 10.7. The van der Waals surface area contributed by atoms with Crippen molar-refractivity contribution in [3.63, 3.8) is 0 Å². The number of allylic oxidation sites excluding steroid dienone is 1. The topological polar surface area (TPSA) is 89.9 Å². The summed E-state index contributed by atoms with van der Waals surface area (Å²) >= 11 is 0. The van der Waals surface area contributed by atoms with E-state index in [1.165, 1.54) is 13.2 Å². The van der Waals surface area contributed by atoms with Crippen LogP contribution in [0.2, 0.25) is 0 Å². The van der Waals surface area contributed by atoms with E-state index in [4.69, 9.17) is 5.11 Å². The van der Waals surface area contributed by atoms with Crippen molar-refractivity contribution in [3.05, 3.63) is 37.0 Å². The molecule has 6 nitrogen and oxygen atoms in total. The molecule has 106 valence electrons. The highest BCUT2D eigenvalue weighted by molar-refractivity contribution is 5.88. The first-order chi connectivity index (χ1) is 8.88. The zero-order valence-corrected chi connectivity index (χ0v) is 11.0. The first kappa shape index (κ1) is 19.0. The molecule has 0 unspecified atom stereocenters. The quantitative estimate of drug-likeness (QED) is 0.581. The van der Waals surface area contributed by atoms with Crippen LogP contribution in [0.1, 0.15) is 13.3 Å². The van der Waals surface area contributed by atoms with Crippen LogP contribution in [-0.2, 0) is 23.9 Å². The van der Waals surface area contributed by atoms with E-state index in [9.17, 15) is 14.4 Å². The lowest BCUT2D eigenvalue weighted by molar-refractivity contribution is -0.137. The molecule has 1 N–H and O–H groups in total. The van der Waals surface area contributed by atoms with Gasteiger partial charge in [-0.05, 0) is 13.3 Å². The lowest BCUT2D eigenvalue weighted by Crippen LogP contribution is -2.02. The summed E-state index contributed by atoms with van der Waals surface area (Å²) in [6.07, 6.45) is 3.62. The number of esters is 2. The molecule has 19 heavy (non-hydrogen) atoms. The number of carbonyl (C=O) groups excluding carboxylic acids is 2. The van der Waals surface area contributed by atoms with E-state index >= 15 is 0 Å². The summed E-state index contributed by atoms with van der Waals surface area (Å²) in [5, 5.41) is 8.19. The van der Waals surface area contributed by atoms with Gasteiger partial charge in [0.1, 0.15) is 0 Å². The zero-order valence-electron chi connectivity index (χ0n) is 11.0. The second-order valence-corrected chi connectivity index (χ2v) is 3.00. The van der Waals surface area contributed by atoms with Crippen molar-refractivity contribution in [2.45, 2.75) is 13.3 Å². The predicted molar refractivity (Wildman–Crippen MR) is 69.4 cm³/mol. The second kappa shape index (κ2) is 12.1. The van der Waals surface area contributed by atoms with Crippen LogP contribution in [0.15, 0.2) is 37.0 Å². The lowest BCUT2D eigenvalue weighted by atomic mass is 10.2. The number of ether oxygens (including phenoxy) is 2. The molecule has 0 radical (unpaired) electrons. The highest BCUT2D eigenvalue weighted by Crippen LogP contribution is 2.00. The lowest BCUT2D eigenvalue weighted by Gasteiger charge is -1.97. The van der Waals surface area contributed by atoms with Crippen molar-refractivity contribution < 1.29 is 29.0 Å². The number of aliphatic carboxylic acids is 1. The van der Waals surface area contributed by atoms with E-state index in [0.29, 0.717) is 6.61 Å². The zero-order chi connectivity index (χ0) is 15.3. The van der Waals surface area contributed by atoms with E-state index in [1.54, 1.807) is 6.92 Å². The van der Waals surface area contributed by atoms with E-state index in [1.807, 2.05) is 0 Å². The number of hydrogen-bond acceptors (Lipinski definition) is 5. The van der Waals surface area contributed by atoms with Crippen LogP contribution in [-0.4, -0.2) is 36.7 Å². The van der Waals surface area contributed by atoms with Crippen LogP contribution in [0.5, 0.6) is 0 Å². The van der Waals surface area contributed by atoms with Crippen LogP contribution in [0.4, 0.5) is 0 Å². The highest BCUT2D eigenvalue weighted by Gasteiger charge is 2.03. The van der Waals surface area contributed by atoms with Crippen LogP contribution >= 0.6 is 0 Å². The molecule has 0 aromatic heterocycles. The van der Waals surface area contributed by atoms with Gasteiger partial charge in [-0.25, -0.2) is 14.4 Å². The Kier molecular flexibility index (Phi) is 12.1. The van der Waals surface area contributed by atoms with Gasteiger partial charge in [0.2, 0.25) is 0 Å².